The number of hydrogen-bond acceptors (Lipinski definition) is 5. The first-order valence-electron chi connectivity index (χ1n) is 6.49. The first kappa shape index (κ1) is 16.7. The van der Waals surface area contributed by atoms with E-state index in [2.05, 4.69) is 4.72 Å². The number of ether oxygens (including phenoxy) is 1. The minimum atomic E-state index is -3.36. The average Bonchev–Trinajstić information content (AvgIpc) is 2.37. The number of aliphatic hydroxyl groups is 1. The Kier molecular flexibility index (Phi) is 6.77. The maximum Gasteiger partial charge on any atom is 0.214 e. The van der Waals surface area contributed by atoms with Gasteiger partial charge in [-0.1, -0.05) is 13.0 Å². The minimum absolute atomic E-state index is 0.0570. The fourth-order valence-corrected chi connectivity index (χ4v) is 2.52. The van der Waals surface area contributed by atoms with E-state index in [0.29, 0.717) is 24.4 Å². The second-order valence-electron chi connectivity index (χ2n) is 4.71. The van der Waals surface area contributed by atoms with Crippen molar-refractivity contribution in [3.63, 3.8) is 0 Å². The standard InChI is InChI=1S/C13H22N2O4S/c1-11(5-6-16)10-15-20(17,18)8-7-19-13-4-2-3-12(14)9-13/h2-4,9,11,15-16H,5-8,10,14H2,1H3. The van der Waals surface area contributed by atoms with Gasteiger partial charge in [0.2, 0.25) is 10.0 Å². The highest BCUT2D eigenvalue weighted by atomic mass is 32.2. The fraction of sp³-hybridized carbons (Fsp3) is 0.538. The molecule has 0 aliphatic heterocycles. The molecule has 0 fully saturated rings. The van der Waals surface area contributed by atoms with Crippen molar-refractivity contribution in [3.8, 4) is 5.75 Å². The summed E-state index contributed by atoms with van der Waals surface area (Å²) in [4.78, 5) is 0. The highest BCUT2D eigenvalue weighted by Crippen LogP contribution is 2.14. The van der Waals surface area contributed by atoms with Gasteiger partial charge in [-0.3, -0.25) is 0 Å². The highest BCUT2D eigenvalue weighted by Gasteiger charge is 2.12. The number of sulfonamides is 1. The van der Waals surface area contributed by atoms with Crippen LogP contribution in [-0.2, 0) is 10.0 Å². The Morgan fingerprint density at radius 3 is 2.85 bits per heavy atom. The Morgan fingerprint density at radius 2 is 2.20 bits per heavy atom. The van der Waals surface area contributed by atoms with Gasteiger partial charge in [-0.25, -0.2) is 13.1 Å². The molecule has 1 rings (SSSR count). The van der Waals surface area contributed by atoms with E-state index < -0.39 is 10.0 Å². The van der Waals surface area contributed by atoms with E-state index in [4.69, 9.17) is 15.6 Å². The first-order valence-corrected chi connectivity index (χ1v) is 8.14. The average molecular weight is 302 g/mol. The molecule has 1 aromatic rings. The molecule has 0 saturated carbocycles. The Balaban J connectivity index is 2.32. The molecule has 7 heteroatoms. The van der Waals surface area contributed by atoms with Crippen molar-refractivity contribution in [2.75, 3.05) is 31.2 Å². The number of nitrogen functional groups attached to an aromatic ring is 1. The minimum Gasteiger partial charge on any atom is -0.492 e. The van der Waals surface area contributed by atoms with Crippen LogP contribution in [0.2, 0.25) is 0 Å². The number of nitrogens with two attached hydrogens (primary N) is 1. The van der Waals surface area contributed by atoms with Gasteiger partial charge in [0.05, 0.1) is 5.75 Å². The third-order valence-corrected chi connectivity index (χ3v) is 4.06. The maximum absolute atomic E-state index is 11.7. The molecule has 114 valence electrons. The molecule has 0 amide bonds. The Hall–Kier alpha value is -1.31. The molecule has 0 aliphatic rings. The lowest BCUT2D eigenvalue weighted by Gasteiger charge is -2.12. The van der Waals surface area contributed by atoms with Crippen molar-refractivity contribution in [1.82, 2.24) is 4.72 Å². The largest absolute Gasteiger partial charge is 0.492 e. The summed E-state index contributed by atoms with van der Waals surface area (Å²) >= 11 is 0. The van der Waals surface area contributed by atoms with Gasteiger partial charge in [0.25, 0.3) is 0 Å². The number of anilines is 1. The van der Waals surface area contributed by atoms with Gasteiger partial charge in [0.15, 0.2) is 0 Å². The molecule has 1 atom stereocenters. The van der Waals surface area contributed by atoms with Gasteiger partial charge in [0.1, 0.15) is 12.4 Å². The summed E-state index contributed by atoms with van der Waals surface area (Å²) in [5.41, 5.74) is 6.17. The summed E-state index contributed by atoms with van der Waals surface area (Å²) in [6, 6.07) is 6.84. The van der Waals surface area contributed by atoms with E-state index in [-0.39, 0.29) is 24.9 Å². The van der Waals surface area contributed by atoms with Crippen LogP contribution in [0.4, 0.5) is 5.69 Å². The Labute approximate surface area is 120 Å². The smallest absolute Gasteiger partial charge is 0.214 e. The Morgan fingerprint density at radius 1 is 1.45 bits per heavy atom. The third-order valence-electron chi connectivity index (χ3n) is 2.75. The van der Waals surface area contributed by atoms with Gasteiger partial charge in [0, 0.05) is 24.9 Å². The van der Waals surface area contributed by atoms with Crippen LogP contribution in [0.15, 0.2) is 24.3 Å². The first-order chi connectivity index (χ1) is 9.43. The van der Waals surface area contributed by atoms with Crippen molar-refractivity contribution in [2.24, 2.45) is 5.92 Å². The van der Waals surface area contributed by atoms with Crippen LogP contribution in [0.5, 0.6) is 5.75 Å². The quantitative estimate of drug-likeness (QED) is 0.579. The van der Waals surface area contributed by atoms with E-state index in [0.717, 1.165) is 0 Å². The summed E-state index contributed by atoms with van der Waals surface area (Å²) in [5, 5.41) is 8.75. The van der Waals surface area contributed by atoms with E-state index in [1.54, 1.807) is 24.3 Å². The number of benzene rings is 1. The summed E-state index contributed by atoms with van der Waals surface area (Å²) in [6.07, 6.45) is 0.572. The van der Waals surface area contributed by atoms with Crippen LogP contribution in [0.25, 0.3) is 0 Å². The molecule has 6 nitrogen and oxygen atoms in total. The highest BCUT2D eigenvalue weighted by molar-refractivity contribution is 7.89. The molecule has 1 aromatic carbocycles. The van der Waals surface area contributed by atoms with Gasteiger partial charge in [-0.15, -0.1) is 0 Å². The van der Waals surface area contributed by atoms with Crippen LogP contribution < -0.4 is 15.2 Å². The van der Waals surface area contributed by atoms with E-state index >= 15 is 0 Å². The predicted octanol–water partition coefficient (Wildman–Crippen LogP) is 0.585. The van der Waals surface area contributed by atoms with Gasteiger partial charge < -0.3 is 15.6 Å². The zero-order valence-electron chi connectivity index (χ0n) is 11.6. The molecule has 1 unspecified atom stereocenters. The Bertz CT molecular complexity index is 505. The van der Waals surface area contributed by atoms with Crippen molar-refractivity contribution in [1.29, 1.82) is 0 Å². The molecule has 0 bridgehead atoms. The molecule has 20 heavy (non-hydrogen) atoms. The molecule has 0 radical (unpaired) electrons. The summed E-state index contributed by atoms with van der Waals surface area (Å²) in [6.45, 7) is 2.32. The molecular weight excluding hydrogens is 280 g/mol. The zero-order chi connectivity index (χ0) is 15.0. The number of hydrogen-bond donors (Lipinski definition) is 3. The normalized spacial score (nSPS) is 13.1. The topological polar surface area (TPSA) is 102 Å². The monoisotopic (exact) mass is 302 g/mol. The van der Waals surface area contributed by atoms with E-state index in [9.17, 15) is 8.42 Å². The van der Waals surface area contributed by atoms with Crippen LogP contribution in [0.1, 0.15) is 13.3 Å². The summed E-state index contributed by atoms with van der Waals surface area (Å²) < 4.78 is 31.3. The van der Waals surface area contributed by atoms with Crippen molar-refractivity contribution >= 4 is 15.7 Å². The van der Waals surface area contributed by atoms with Crippen LogP contribution in [-0.4, -0.2) is 39.0 Å². The van der Waals surface area contributed by atoms with Crippen molar-refractivity contribution in [3.05, 3.63) is 24.3 Å². The van der Waals surface area contributed by atoms with Crippen LogP contribution >= 0.6 is 0 Å². The van der Waals surface area contributed by atoms with Gasteiger partial charge >= 0.3 is 0 Å². The second-order valence-corrected chi connectivity index (χ2v) is 6.63. The lowest BCUT2D eigenvalue weighted by molar-refractivity contribution is 0.262. The molecule has 0 aromatic heterocycles. The molecule has 0 aliphatic carbocycles. The van der Waals surface area contributed by atoms with Crippen molar-refractivity contribution in [2.45, 2.75) is 13.3 Å². The number of nitrogens with one attached hydrogen (secondary N) is 1. The lowest BCUT2D eigenvalue weighted by atomic mass is 10.1. The van der Waals surface area contributed by atoms with Crippen molar-refractivity contribution < 1.29 is 18.3 Å². The second kappa shape index (κ2) is 8.08. The zero-order valence-corrected chi connectivity index (χ0v) is 12.4. The molecule has 0 saturated heterocycles. The van der Waals surface area contributed by atoms with Gasteiger partial charge in [-0.2, -0.15) is 0 Å². The molecular formula is C13H22N2O4S. The SMILES string of the molecule is CC(CCO)CNS(=O)(=O)CCOc1cccc(N)c1. The summed E-state index contributed by atoms with van der Waals surface area (Å²) in [5.74, 6) is 0.534. The van der Waals surface area contributed by atoms with Gasteiger partial charge in [-0.05, 0) is 24.5 Å². The molecule has 0 spiro atoms. The predicted molar refractivity (Wildman–Crippen MR) is 79.0 cm³/mol. The van der Waals surface area contributed by atoms with E-state index in [1.165, 1.54) is 0 Å². The van der Waals surface area contributed by atoms with Crippen LogP contribution in [0, 0.1) is 5.92 Å². The number of aliphatic hydroxyl groups excluding tert-OH is 1. The summed E-state index contributed by atoms with van der Waals surface area (Å²) in [7, 11) is -3.36. The van der Waals surface area contributed by atoms with Crippen LogP contribution in [0.3, 0.4) is 0 Å². The maximum atomic E-state index is 11.7. The number of rotatable bonds is 9. The molecule has 4 N–H and O–H groups in total. The lowest BCUT2D eigenvalue weighted by Crippen LogP contribution is -2.32. The van der Waals surface area contributed by atoms with E-state index in [1.807, 2.05) is 6.92 Å². The third kappa shape index (κ3) is 6.74. The fourth-order valence-electron chi connectivity index (χ4n) is 1.54. The molecule has 0 heterocycles.